The fourth-order valence-corrected chi connectivity index (χ4v) is 6.47. The number of anilines is 1. The monoisotopic (exact) mass is 585 g/mol. The van der Waals surface area contributed by atoms with Gasteiger partial charge in [-0.15, -0.1) is 0 Å². The van der Waals surface area contributed by atoms with Gasteiger partial charge in [0.25, 0.3) is 10.0 Å². The Labute approximate surface area is 240 Å². The van der Waals surface area contributed by atoms with E-state index in [1.165, 1.54) is 41.3 Å². The molecule has 1 saturated carbocycles. The smallest absolute Gasteiger partial charge is 0.264 e. The first kappa shape index (κ1) is 29.6. The predicted octanol–water partition coefficient (Wildman–Crippen LogP) is 5.54. The number of nitrogens with one attached hydrogen (secondary N) is 1. The number of hydrogen-bond acceptors (Lipinski definition) is 4. The number of halogens is 2. The van der Waals surface area contributed by atoms with E-state index >= 15 is 0 Å². The Morgan fingerprint density at radius 3 is 2.20 bits per heavy atom. The molecule has 1 fully saturated rings. The third kappa shape index (κ3) is 7.20. The van der Waals surface area contributed by atoms with Gasteiger partial charge in [-0.3, -0.25) is 13.9 Å². The molecule has 3 aromatic rings. The fourth-order valence-electron chi connectivity index (χ4n) is 4.93. The van der Waals surface area contributed by atoms with E-state index in [0.29, 0.717) is 22.7 Å². The van der Waals surface area contributed by atoms with Gasteiger partial charge < -0.3 is 10.2 Å². The summed E-state index contributed by atoms with van der Waals surface area (Å²) >= 11 is 5.98. The van der Waals surface area contributed by atoms with Gasteiger partial charge in [0.1, 0.15) is 18.4 Å². The Morgan fingerprint density at radius 1 is 0.975 bits per heavy atom. The highest BCUT2D eigenvalue weighted by Gasteiger charge is 2.34. The van der Waals surface area contributed by atoms with Crippen molar-refractivity contribution in [2.45, 2.75) is 62.6 Å². The summed E-state index contributed by atoms with van der Waals surface area (Å²) in [6, 6.07) is 19.0. The summed E-state index contributed by atoms with van der Waals surface area (Å²) in [7, 11) is -4.17. The molecule has 1 N–H and O–H groups in total. The number of rotatable bonds is 11. The van der Waals surface area contributed by atoms with Crippen molar-refractivity contribution in [3.63, 3.8) is 0 Å². The molecule has 40 heavy (non-hydrogen) atoms. The molecule has 212 valence electrons. The van der Waals surface area contributed by atoms with E-state index in [2.05, 4.69) is 5.32 Å². The lowest BCUT2D eigenvalue weighted by Gasteiger charge is -2.33. The van der Waals surface area contributed by atoms with E-state index in [1.54, 1.807) is 42.5 Å². The van der Waals surface area contributed by atoms with Gasteiger partial charge in [-0.1, -0.05) is 61.7 Å². The second-order valence-corrected chi connectivity index (χ2v) is 12.2. The van der Waals surface area contributed by atoms with Crippen LogP contribution in [0.15, 0.2) is 83.8 Å². The normalized spacial score (nSPS) is 14.5. The van der Waals surface area contributed by atoms with Crippen LogP contribution in [0.2, 0.25) is 5.02 Å². The van der Waals surface area contributed by atoms with Crippen LogP contribution < -0.4 is 9.62 Å². The Hall–Kier alpha value is -3.43. The molecule has 0 bridgehead atoms. The van der Waals surface area contributed by atoms with E-state index in [9.17, 15) is 22.4 Å². The molecule has 0 saturated heterocycles. The molecule has 1 atom stereocenters. The predicted molar refractivity (Wildman–Crippen MR) is 154 cm³/mol. The minimum atomic E-state index is -4.17. The van der Waals surface area contributed by atoms with Gasteiger partial charge in [-0.25, -0.2) is 12.8 Å². The molecule has 3 aromatic carbocycles. The molecule has 1 aliphatic carbocycles. The van der Waals surface area contributed by atoms with Crippen LogP contribution in [0.5, 0.6) is 0 Å². The van der Waals surface area contributed by atoms with Gasteiger partial charge in [0.15, 0.2) is 0 Å². The van der Waals surface area contributed by atoms with E-state index in [1.807, 2.05) is 6.92 Å². The zero-order valence-corrected chi connectivity index (χ0v) is 23.9. The molecule has 7 nitrogen and oxygen atoms in total. The largest absolute Gasteiger partial charge is 0.352 e. The zero-order chi connectivity index (χ0) is 28.7. The first-order valence-electron chi connectivity index (χ1n) is 13.4. The minimum absolute atomic E-state index is 0.0132. The maximum Gasteiger partial charge on any atom is 0.264 e. The molecule has 0 aromatic heterocycles. The zero-order valence-electron chi connectivity index (χ0n) is 22.3. The van der Waals surface area contributed by atoms with E-state index in [4.69, 9.17) is 11.6 Å². The maximum absolute atomic E-state index is 14.0. The summed E-state index contributed by atoms with van der Waals surface area (Å²) in [5.41, 5.74) is 0.921. The van der Waals surface area contributed by atoms with Gasteiger partial charge in [0, 0.05) is 17.6 Å². The highest BCUT2D eigenvalue weighted by atomic mass is 35.5. The average Bonchev–Trinajstić information content (AvgIpc) is 3.46. The molecule has 0 aliphatic heterocycles. The van der Waals surface area contributed by atoms with Crippen LogP contribution in [0.25, 0.3) is 0 Å². The maximum atomic E-state index is 14.0. The van der Waals surface area contributed by atoms with Crippen LogP contribution in [-0.2, 0) is 26.2 Å². The number of amides is 2. The van der Waals surface area contributed by atoms with Crippen molar-refractivity contribution in [1.82, 2.24) is 10.2 Å². The topological polar surface area (TPSA) is 86.8 Å². The number of benzene rings is 3. The van der Waals surface area contributed by atoms with Crippen molar-refractivity contribution in [2.75, 3.05) is 10.8 Å². The summed E-state index contributed by atoms with van der Waals surface area (Å²) in [4.78, 5) is 28.8. The van der Waals surface area contributed by atoms with E-state index in [0.717, 1.165) is 30.0 Å². The van der Waals surface area contributed by atoms with Crippen LogP contribution in [0.3, 0.4) is 0 Å². The third-order valence-corrected chi connectivity index (χ3v) is 9.12. The standard InChI is InChI=1S/C30H33ClFN3O4S/c1-2-28(30(37)33-25-8-6-7-9-25)34(20-22-12-16-24(32)17-13-22)29(36)21-35(26-10-4-3-5-11-26)40(38,39)27-18-14-23(31)15-19-27/h3-5,10-19,25,28H,2,6-9,20-21H2,1H3,(H,33,37)/t28-/m1/s1. The summed E-state index contributed by atoms with van der Waals surface area (Å²) < 4.78 is 42.2. The number of para-hydroxylation sites is 1. The van der Waals surface area contributed by atoms with Gasteiger partial charge in [-0.05, 0) is 73.4 Å². The lowest BCUT2D eigenvalue weighted by Crippen LogP contribution is -2.53. The van der Waals surface area contributed by atoms with Crippen LogP contribution >= 0.6 is 11.6 Å². The second kappa shape index (κ2) is 13.3. The van der Waals surface area contributed by atoms with Crippen LogP contribution in [0, 0.1) is 5.82 Å². The SMILES string of the molecule is CC[C@H](C(=O)NC1CCCC1)N(Cc1ccc(F)cc1)C(=O)CN(c1ccccc1)S(=O)(=O)c1ccc(Cl)cc1. The molecule has 1 aliphatic rings. The molecule has 0 unspecified atom stereocenters. The highest BCUT2D eigenvalue weighted by molar-refractivity contribution is 7.92. The third-order valence-electron chi connectivity index (χ3n) is 7.08. The molecule has 4 rings (SSSR count). The Kier molecular flexibility index (Phi) is 9.81. The molecule has 10 heteroatoms. The Balaban J connectivity index is 1.68. The van der Waals surface area contributed by atoms with Crippen LogP contribution in [0.4, 0.5) is 10.1 Å². The van der Waals surface area contributed by atoms with Gasteiger partial charge in [0.05, 0.1) is 10.6 Å². The van der Waals surface area contributed by atoms with Gasteiger partial charge in [-0.2, -0.15) is 0 Å². The van der Waals surface area contributed by atoms with Crippen molar-refractivity contribution in [1.29, 1.82) is 0 Å². The van der Waals surface area contributed by atoms with Crippen LogP contribution in [-0.4, -0.2) is 43.8 Å². The summed E-state index contributed by atoms with van der Waals surface area (Å²) in [5, 5.41) is 3.45. The van der Waals surface area contributed by atoms with Crippen LogP contribution in [0.1, 0.15) is 44.6 Å². The molecule has 2 amide bonds. The van der Waals surface area contributed by atoms with Gasteiger partial charge in [0.2, 0.25) is 11.8 Å². The number of hydrogen-bond donors (Lipinski definition) is 1. The van der Waals surface area contributed by atoms with Crippen molar-refractivity contribution >= 4 is 39.1 Å². The van der Waals surface area contributed by atoms with E-state index in [-0.39, 0.29) is 23.4 Å². The minimum Gasteiger partial charge on any atom is -0.352 e. The van der Waals surface area contributed by atoms with Crippen molar-refractivity contribution in [3.8, 4) is 0 Å². The average molecular weight is 586 g/mol. The molecular weight excluding hydrogens is 553 g/mol. The molecule has 0 spiro atoms. The second-order valence-electron chi connectivity index (χ2n) is 9.86. The lowest BCUT2D eigenvalue weighted by molar-refractivity contribution is -0.140. The van der Waals surface area contributed by atoms with Crippen molar-refractivity contribution in [2.24, 2.45) is 0 Å². The highest BCUT2D eigenvalue weighted by Crippen LogP contribution is 2.26. The number of carbonyl (C=O) groups excluding carboxylic acids is 2. The van der Waals surface area contributed by atoms with Crippen molar-refractivity contribution in [3.05, 3.63) is 95.3 Å². The number of sulfonamides is 1. The van der Waals surface area contributed by atoms with Crippen molar-refractivity contribution < 1.29 is 22.4 Å². The Bertz CT molecular complexity index is 1400. The first-order valence-corrected chi connectivity index (χ1v) is 15.2. The lowest BCUT2D eigenvalue weighted by atomic mass is 10.1. The Morgan fingerprint density at radius 2 is 1.60 bits per heavy atom. The molecular formula is C30H33ClFN3O4S. The van der Waals surface area contributed by atoms with Gasteiger partial charge >= 0.3 is 0 Å². The van der Waals surface area contributed by atoms with E-state index < -0.39 is 34.3 Å². The summed E-state index contributed by atoms with van der Waals surface area (Å²) in [6.45, 7) is 1.28. The summed E-state index contributed by atoms with van der Waals surface area (Å²) in [5.74, 6) is -1.26. The molecule has 0 radical (unpaired) electrons. The number of nitrogens with zero attached hydrogens (tertiary/aromatic N) is 2. The number of carbonyl (C=O) groups is 2. The first-order chi connectivity index (χ1) is 19.2. The molecule has 0 heterocycles. The summed E-state index contributed by atoms with van der Waals surface area (Å²) in [6.07, 6.45) is 4.16. The quantitative estimate of drug-likeness (QED) is 0.320. The fraction of sp³-hybridized carbons (Fsp3) is 0.333.